The average Bonchev–Trinajstić information content (AvgIpc) is 3.15. The fraction of sp³-hybridized carbons (Fsp3) is 0.562. The van der Waals surface area contributed by atoms with Crippen LogP contribution >= 0.6 is 28.3 Å². The first-order chi connectivity index (χ1) is 9.62. The van der Waals surface area contributed by atoms with Gasteiger partial charge in [-0.2, -0.15) is 0 Å². The predicted molar refractivity (Wildman–Crippen MR) is 90.8 cm³/mol. The number of carbonyl (C=O) groups is 1. The molecule has 2 fully saturated rings. The van der Waals surface area contributed by atoms with Gasteiger partial charge in [0, 0.05) is 22.4 Å². The Kier molecular flexibility index (Phi) is 5.33. The van der Waals surface area contributed by atoms with Gasteiger partial charge in [-0.15, -0.1) is 12.4 Å². The molecule has 1 amide bonds. The number of benzene rings is 1. The monoisotopic (exact) mass is 372 g/mol. The second kappa shape index (κ2) is 6.67. The summed E-state index contributed by atoms with van der Waals surface area (Å²) in [5.74, 6) is 0.828. The third-order valence-electron chi connectivity index (χ3n) is 4.83. The third-order valence-corrected chi connectivity index (χ3v) is 5.52. The van der Waals surface area contributed by atoms with Gasteiger partial charge in [-0.25, -0.2) is 0 Å². The highest BCUT2D eigenvalue weighted by Crippen LogP contribution is 2.49. The largest absolute Gasteiger partial charge is 0.355 e. The van der Waals surface area contributed by atoms with Crippen molar-refractivity contribution in [3.63, 3.8) is 0 Å². The van der Waals surface area contributed by atoms with Gasteiger partial charge >= 0.3 is 0 Å². The van der Waals surface area contributed by atoms with Crippen LogP contribution in [0.3, 0.4) is 0 Å². The Bertz CT molecular complexity index is 515. The average molecular weight is 374 g/mol. The van der Waals surface area contributed by atoms with Crippen molar-refractivity contribution in [3.8, 4) is 0 Å². The number of rotatable bonds is 5. The van der Waals surface area contributed by atoms with Crippen LogP contribution in [0.1, 0.15) is 25.3 Å². The van der Waals surface area contributed by atoms with Crippen molar-refractivity contribution in [3.05, 3.63) is 34.3 Å². The van der Waals surface area contributed by atoms with Crippen LogP contribution in [-0.4, -0.2) is 25.5 Å². The fourth-order valence-corrected chi connectivity index (χ4v) is 3.58. The summed E-state index contributed by atoms with van der Waals surface area (Å²) >= 11 is 3.63. The second-order valence-electron chi connectivity index (χ2n) is 6.18. The van der Waals surface area contributed by atoms with Crippen molar-refractivity contribution in [2.75, 3.05) is 19.6 Å². The van der Waals surface area contributed by atoms with Gasteiger partial charge in [-0.3, -0.25) is 4.79 Å². The maximum absolute atomic E-state index is 12.2. The molecule has 0 aromatic heterocycles. The smallest absolute Gasteiger partial charge is 0.223 e. The predicted octanol–water partition coefficient (Wildman–Crippen LogP) is 2.87. The first kappa shape index (κ1) is 16.8. The lowest BCUT2D eigenvalue weighted by Crippen LogP contribution is -2.50. The standard InChI is InChI=1S/C16H21BrN2O.ClH/c1-11(12-8-18-9-12)15(20)19-10-16(6-7-16)13-4-2-3-5-14(13)17;/h2-5,11-12,18H,6-10H2,1H3,(H,19,20);1H. The first-order valence-electron chi connectivity index (χ1n) is 7.36. The molecule has 5 heteroatoms. The molecule has 1 aliphatic heterocycles. The molecule has 116 valence electrons. The van der Waals surface area contributed by atoms with Crippen molar-refractivity contribution in [2.24, 2.45) is 11.8 Å². The molecule has 1 saturated heterocycles. The number of carbonyl (C=O) groups excluding carboxylic acids is 1. The molecule has 21 heavy (non-hydrogen) atoms. The van der Waals surface area contributed by atoms with Gasteiger partial charge in [0.25, 0.3) is 0 Å². The number of halogens is 2. The van der Waals surface area contributed by atoms with E-state index in [0.29, 0.717) is 5.92 Å². The molecule has 3 rings (SSSR count). The van der Waals surface area contributed by atoms with E-state index >= 15 is 0 Å². The lowest BCUT2D eigenvalue weighted by molar-refractivity contribution is -0.126. The lowest BCUT2D eigenvalue weighted by Gasteiger charge is -2.32. The van der Waals surface area contributed by atoms with Crippen molar-refractivity contribution in [1.82, 2.24) is 10.6 Å². The Morgan fingerprint density at radius 3 is 2.62 bits per heavy atom. The van der Waals surface area contributed by atoms with Crippen LogP contribution in [0, 0.1) is 11.8 Å². The Hall–Kier alpha value is -0.580. The van der Waals surface area contributed by atoms with Gasteiger partial charge < -0.3 is 10.6 Å². The number of hydrogen-bond donors (Lipinski definition) is 2. The maximum atomic E-state index is 12.2. The Morgan fingerprint density at radius 2 is 2.10 bits per heavy atom. The summed E-state index contributed by atoms with van der Waals surface area (Å²) in [6.07, 6.45) is 2.32. The zero-order valence-electron chi connectivity index (χ0n) is 12.2. The van der Waals surface area contributed by atoms with Gasteiger partial charge in [0.05, 0.1) is 0 Å². The molecule has 1 heterocycles. The SMILES string of the molecule is CC(C(=O)NCC1(c2ccccc2Br)CC1)C1CNC1.Cl. The maximum Gasteiger partial charge on any atom is 0.223 e. The van der Waals surface area contributed by atoms with Gasteiger partial charge in [-0.1, -0.05) is 41.1 Å². The van der Waals surface area contributed by atoms with Crippen LogP contribution in [0.15, 0.2) is 28.7 Å². The summed E-state index contributed by atoms with van der Waals surface area (Å²) in [6, 6.07) is 8.36. The van der Waals surface area contributed by atoms with Crippen LogP contribution in [0.25, 0.3) is 0 Å². The highest BCUT2D eigenvalue weighted by atomic mass is 79.9. The normalized spacial score (nSPS) is 20.9. The zero-order chi connectivity index (χ0) is 14.2. The van der Waals surface area contributed by atoms with Crippen molar-refractivity contribution >= 4 is 34.2 Å². The summed E-state index contributed by atoms with van der Waals surface area (Å²) in [5.41, 5.74) is 1.49. The van der Waals surface area contributed by atoms with Crippen LogP contribution in [0.2, 0.25) is 0 Å². The van der Waals surface area contributed by atoms with Crippen molar-refractivity contribution < 1.29 is 4.79 Å². The Labute approximate surface area is 140 Å². The summed E-state index contributed by atoms with van der Waals surface area (Å²) in [4.78, 5) is 12.2. The van der Waals surface area contributed by atoms with Crippen LogP contribution < -0.4 is 10.6 Å². The van der Waals surface area contributed by atoms with Crippen LogP contribution in [-0.2, 0) is 10.2 Å². The number of hydrogen-bond acceptors (Lipinski definition) is 2. The molecular formula is C16H22BrClN2O. The summed E-state index contributed by atoms with van der Waals surface area (Å²) in [5, 5.41) is 6.40. The minimum absolute atomic E-state index is 0. The van der Waals surface area contributed by atoms with E-state index in [9.17, 15) is 4.79 Å². The van der Waals surface area contributed by atoms with E-state index < -0.39 is 0 Å². The molecule has 2 N–H and O–H groups in total. The molecule has 1 aromatic carbocycles. The highest BCUT2D eigenvalue weighted by Gasteiger charge is 2.45. The summed E-state index contributed by atoms with van der Waals surface area (Å²) in [7, 11) is 0. The fourth-order valence-electron chi connectivity index (χ4n) is 2.88. The molecule has 1 unspecified atom stereocenters. The molecule has 1 saturated carbocycles. The van der Waals surface area contributed by atoms with Gasteiger partial charge in [0.2, 0.25) is 5.91 Å². The van der Waals surface area contributed by atoms with Gasteiger partial charge in [-0.05, 0) is 43.5 Å². The minimum Gasteiger partial charge on any atom is -0.355 e. The molecular weight excluding hydrogens is 352 g/mol. The van der Waals surface area contributed by atoms with Crippen LogP contribution in [0.5, 0.6) is 0 Å². The van der Waals surface area contributed by atoms with E-state index in [1.165, 1.54) is 5.56 Å². The van der Waals surface area contributed by atoms with E-state index in [1.807, 2.05) is 13.0 Å². The molecule has 0 radical (unpaired) electrons. The number of amides is 1. The topological polar surface area (TPSA) is 41.1 Å². The van der Waals surface area contributed by atoms with E-state index in [0.717, 1.165) is 36.9 Å². The van der Waals surface area contributed by atoms with E-state index in [4.69, 9.17) is 0 Å². The van der Waals surface area contributed by atoms with Gasteiger partial charge in [0.15, 0.2) is 0 Å². The molecule has 1 atom stereocenters. The highest BCUT2D eigenvalue weighted by molar-refractivity contribution is 9.10. The van der Waals surface area contributed by atoms with Crippen molar-refractivity contribution in [1.29, 1.82) is 0 Å². The van der Waals surface area contributed by atoms with E-state index in [1.54, 1.807) is 0 Å². The molecule has 3 nitrogen and oxygen atoms in total. The molecule has 2 aliphatic rings. The molecule has 0 bridgehead atoms. The Balaban J connectivity index is 0.00000161. The zero-order valence-corrected chi connectivity index (χ0v) is 14.6. The first-order valence-corrected chi connectivity index (χ1v) is 8.15. The van der Waals surface area contributed by atoms with E-state index in [-0.39, 0.29) is 29.6 Å². The van der Waals surface area contributed by atoms with Crippen molar-refractivity contribution in [2.45, 2.75) is 25.2 Å². The minimum atomic E-state index is 0. The second-order valence-corrected chi connectivity index (χ2v) is 7.04. The molecule has 0 spiro atoms. The number of nitrogens with one attached hydrogen (secondary N) is 2. The molecule has 1 aliphatic carbocycles. The summed E-state index contributed by atoms with van der Waals surface area (Å²) in [6.45, 7) is 4.76. The summed E-state index contributed by atoms with van der Waals surface area (Å²) < 4.78 is 1.16. The molecule has 1 aromatic rings. The Morgan fingerprint density at radius 1 is 1.43 bits per heavy atom. The van der Waals surface area contributed by atoms with Crippen LogP contribution in [0.4, 0.5) is 0 Å². The lowest BCUT2D eigenvalue weighted by atomic mass is 9.88. The van der Waals surface area contributed by atoms with Gasteiger partial charge in [0.1, 0.15) is 0 Å². The quantitative estimate of drug-likeness (QED) is 0.833. The third kappa shape index (κ3) is 3.43. The van der Waals surface area contributed by atoms with E-state index in [2.05, 4.69) is 44.8 Å².